The Kier molecular flexibility index (Phi) is 4.90. The van der Waals surface area contributed by atoms with Gasteiger partial charge in [0.25, 0.3) is 5.69 Å². The van der Waals surface area contributed by atoms with Crippen LogP contribution < -0.4 is 5.32 Å². The molecule has 1 aromatic rings. The molecular weight excluding hydrogens is 310 g/mol. The van der Waals surface area contributed by atoms with E-state index < -0.39 is 0 Å². The SMILES string of the molecule is CN(Cc1ccc([N+](=O)[O-])cc1Br)C1CCCNC1. The van der Waals surface area contributed by atoms with Crippen LogP contribution in [0.3, 0.4) is 0 Å². The molecule has 6 heteroatoms. The maximum Gasteiger partial charge on any atom is 0.270 e. The second-order valence-electron chi connectivity index (χ2n) is 4.95. The Labute approximate surface area is 121 Å². The Bertz CT molecular complexity index is 461. The highest BCUT2D eigenvalue weighted by Gasteiger charge is 2.19. The number of halogens is 1. The summed E-state index contributed by atoms with van der Waals surface area (Å²) in [5.74, 6) is 0. The smallest absolute Gasteiger partial charge is 0.270 e. The highest BCUT2D eigenvalue weighted by atomic mass is 79.9. The van der Waals surface area contributed by atoms with E-state index in [1.54, 1.807) is 12.1 Å². The van der Waals surface area contributed by atoms with Crippen molar-refractivity contribution in [3.8, 4) is 0 Å². The number of nitro benzene ring substituents is 1. The second kappa shape index (κ2) is 6.45. The molecule has 1 heterocycles. The predicted octanol–water partition coefficient (Wildman–Crippen LogP) is 2.54. The number of hydrogen-bond acceptors (Lipinski definition) is 4. The maximum absolute atomic E-state index is 10.7. The van der Waals surface area contributed by atoms with Crippen LogP contribution in [0.1, 0.15) is 18.4 Å². The van der Waals surface area contributed by atoms with E-state index in [0.29, 0.717) is 6.04 Å². The van der Waals surface area contributed by atoms with Crippen molar-refractivity contribution < 1.29 is 4.92 Å². The summed E-state index contributed by atoms with van der Waals surface area (Å²) in [5, 5.41) is 14.1. The minimum Gasteiger partial charge on any atom is -0.315 e. The number of nitrogens with one attached hydrogen (secondary N) is 1. The zero-order chi connectivity index (χ0) is 13.8. The van der Waals surface area contributed by atoms with Crippen LogP contribution in [0.25, 0.3) is 0 Å². The summed E-state index contributed by atoms with van der Waals surface area (Å²) in [7, 11) is 2.10. The van der Waals surface area contributed by atoms with Gasteiger partial charge in [0, 0.05) is 35.7 Å². The van der Waals surface area contributed by atoms with E-state index in [2.05, 4.69) is 33.2 Å². The molecule has 1 N–H and O–H groups in total. The number of likely N-dealkylation sites (N-methyl/N-ethyl adjacent to an activating group) is 1. The third-order valence-electron chi connectivity index (χ3n) is 3.56. The zero-order valence-corrected chi connectivity index (χ0v) is 12.5. The van der Waals surface area contributed by atoms with Crippen LogP contribution in [-0.2, 0) is 6.54 Å². The number of benzene rings is 1. The van der Waals surface area contributed by atoms with Gasteiger partial charge in [-0.3, -0.25) is 15.0 Å². The summed E-state index contributed by atoms with van der Waals surface area (Å²) < 4.78 is 0.803. The highest BCUT2D eigenvalue weighted by molar-refractivity contribution is 9.10. The molecule has 1 fully saturated rings. The van der Waals surface area contributed by atoms with Crippen LogP contribution in [0.15, 0.2) is 22.7 Å². The van der Waals surface area contributed by atoms with Crippen LogP contribution in [-0.4, -0.2) is 36.0 Å². The van der Waals surface area contributed by atoms with E-state index in [0.717, 1.165) is 29.7 Å². The average molecular weight is 328 g/mol. The van der Waals surface area contributed by atoms with Crippen molar-refractivity contribution in [3.05, 3.63) is 38.3 Å². The fraction of sp³-hybridized carbons (Fsp3) is 0.538. The zero-order valence-electron chi connectivity index (χ0n) is 10.9. The van der Waals surface area contributed by atoms with Gasteiger partial charge in [-0.2, -0.15) is 0 Å². The molecule has 1 aliphatic rings. The molecule has 1 aliphatic heterocycles. The van der Waals surface area contributed by atoms with Crippen molar-refractivity contribution in [1.82, 2.24) is 10.2 Å². The molecule has 0 aromatic heterocycles. The Hall–Kier alpha value is -0.980. The number of non-ortho nitro benzene ring substituents is 1. The summed E-state index contributed by atoms with van der Waals surface area (Å²) in [5.41, 5.74) is 1.20. The fourth-order valence-electron chi connectivity index (χ4n) is 2.39. The summed E-state index contributed by atoms with van der Waals surface area (Å²) in [6.07, 6.45) is 2.41. The number of nitrogens with zero attached hydrogens (tertiary/aromatic N) is 2. The van der Waals surface area contributed by atoms with Crippen molar-refractivity contribution in [2.45, 2.75) is 25.4 Å². The average Bonchev–Trinajstić information content (AvgIpc) is 2.41. The third-order valence-corrected chi connectivity index (χ3v) is 4.30. The van der Waals surface area contributed by atoms with E-state index in [-0.39, 0.29) is 10.6 Å². The first-order chi connectivity index (χ1) is 9.08. The van der Waals surface area contributed by atoms with Crippen molar-refractivity contribution in [2.75, 3.05) is 20.1 Å². The van der Waals surface area contributed by atoms with Gasteiger partial charge in [-0.25, -0.2) is 0 Å². The molecule has 2 rings (SSSR count). The highest BCUT2D eigenvalue weighted by Crippen LogP contribution is 2.24. The van der Waals surface area contributed by atoms with Gasteiger partial charge >= 0.3 is 0 Å². The molecule has 0 aliphatic carbocycles. The maximum atomic E-state index is 10.7. The number of hydrogen-bond donors (Lipinski definition) is 1. The van der Waals surface area contributed by atoms with E-state index in [9.17, 15) is 10.1 Å². The van der Waals surface area contributed by atoms with Gasteiger partial charge in [0.2, 0.25) is 0 Å². The first-order valence-corrected chi connectivity index (χ1v) is 7.21. The molecule has 1 unspecified atom stereocenters. The lowest BCUT2D eigenvalue weighted by molar-refractivity contribution is -0.384. The Balaban J connectivity index is 2.03. The first-order valence-electron chi connectivity index (χ1n) is 6.41. The lowest BCUT2D eigenvalue weighted by Crippen LogP contribution is -2.43. The molecule has 1 aromatic carbocycles. The van der Waals surface area contributed by atoms with E-state index in [1.165, 1.54) is 12.8 Å². The largest absolute Gasteiger partial charge is 0.315 e. The molecule has 0 radical (unpaired) electrons. The van der Waals surface area contributed by atoms with Crippen molar-refractivity contribution in [3.63, 3.8) is 0 Å². The van der Waals surface area contributed by atoms with Gasteiger partial charge < -0.3 is 5.32 Å². The molecule has 0 spiro atoms. The topological polar surface area (TPSA) is 58.4 Å². The van der Waals surface area contributed by atoms with Crippen LogP contribution in [0.4, 0.5) is 5.69 Å². The van der Waals surface area contributed by atoms with Gasteiger partial charge in [-0.15, -0.1) is 0 Å². The minimum atomic E-state index is -0.372. The van der Waals surface area contributed by atoms with Gasteiger partial charge in [-0.1, -0.05) is 15.9 Å². The molecule has 0 amide bonds. The molecule has 1 saturated heterocycles. The number of nitro groups is 1. The summed E-state index contributed by atoms with van der Waals surface area (Å²) >= 11 is 3.42. The fourth-order valence-corrected chi connectivity index (χ4v) is 2.88. The monoisotopic (exact) mass is 327 g/mol. The molecule has 104 valence electrons. The lowest BCUT2D eigenvalue weighted by atomic mass is 10.1. The minimum absolute atomic E-state index is 0.123. The van der Waals surface area contributed by atoms with Crippen LogP contribution in [0.2, 0.25) is 0 Å². The van der Waals surface area contributed by atoms with Gasteiger partial charge in [0.15, 0.2) is 0 Å². The normalized spacial score (nSPS) is 19.6. The van der Waals surface area contributed by atoms with E-state index in [1.807, 2.05) is 6.07 Å². The first kappa shape index (κ1) is 14.4. The van der Waals surface area contributed by atoms with E-state index >= 15 is 0 Å². The molecule has 1 atom stereocenters. The molecule has 5 nitrogen and oxygen atoms in total. The van der Waals surface area contributed by atoms with Gasteiger partial charge in [0.1, 0.15) is 0 Å². The number of rotatable bonds is 4. The van der Waals surface area contributed by atoms with Gasteiger partial charge in [-0.05, 0) is 38.1 Å². The molecule has 0 bridgehead atoms. The van der Waals surface area contributed by atoms with Crippen LogP contribution in [0, 0.1) is 10.1 Å². The molecule has 19 heavy (non-hydrogen) atoms. The van der Waals surface area contributed by atoms with Crippen LogP contribution >= 0.6 is 15.9 Å². The predicted molar refractivity (Wildman–Crippen MR) is 78.2 cm³/mol. The lowest BCUT2D eigenvalue weighted by Gasteiger charge is -2.31. The summed E-state index contributed by atoms with van der Waals surface area (Å²) in [4.78, 5) is 12.6. The summed E-state index contributed by atoms with van der Waals surface area (Å²) in [6, 6.07) is 5.50. The standard InChI is InChI=1S/C13H18BrN3O2/c1-16(12-3-2-6-15-8-12)9-10-4-5-11(17(18)19)7-13(10)14/h4-5,7,12,15H,2-3,6,8-9H2,1H3. The molecule has 0 saturated carbocycles. The van der Waals surface area contributed by atoms with Gasteiger partial charge in [0.05, 0.1) is 4.92 Å². The Morgan fingerprint density at radius 3 is 2.95 bits per heavy atom. The molecular formula is C13H18BrN3O2. The quantitative estimate of drug-likeness (QED) is 0.682. The Morgan fingerprint density at radius 1 is 1.58 bits per heavy atom. The van der Waals surface area contributed by atoms with Crippen molar-refractivity contribution >= 4 is 21.6 Å². The second-order valence-corrected chi connectivity index (χ2v) is 5.80. The van der Waals surface area contributed by atoms with Crippen molar-refractivity contribution in [2.24, 2.45) is 0 Å². The third kappa shape index (κ3) is 3.75. The number of piperidine rings is 1. The van der Waals surface area contributed by atoms with Crippen LogP contribution in [0.5, 0.6) is 0 Å². The van der Waals surface area contributed by atoms with E-state index in [4.69, 9.17) is 0 Å². The Morgan fingerprint density at radius 2 is 2.37 bits per heavy atom. The van der Waals surface area contributed by atoms with Crippen molar-refractivity contribution in [1.29, 1.82) is 0 Å². The summed E-state index contributed by atoms with van der Waals surface area (Å²) in [6.45, 7) is 2.91.